The number of hydrogen-bond acceptors (Lipinski definition) is 1. The van der Waals surface area contributed by atoms with Gasteiger partial charge in [-0.2, -0.15) is 0 Å². The van der Waals surface area contributed by atoms with E-state index < -0.39 is 0 Å². The zero-order valence-electron chi connectivity index (χ0n) is 15.1. The Kier molecular flexibility index (Phi) is 10.5. The molecule has 0 aliphatic heterocycles. The summed E-state index contributed by atoms with van der Waals surface area (Å²) in [6, 6.07) is 0. The van der Waals surface area contributed by atoms with Crippen LogP contribution in [0.3, 0.4) is 0 Å². The van der Waals surface area contributed by atoms with Crippen LogP contribution in [-0.2, 0) is 4.79 Å². The smallest absolute Gasteiger partial charge is 0.106 e. The van der Waals surface area contributed by atoms with Gasteiger partial charge in [0, 0.05) is 0 Å². The largest absolute Gasteiger partial charge is 0.307 e. The highest BCUT2D eigenvalue weighted by molar-refractivity contribution is 5.11. The van der Waals surface area contributed by atoms with Crippen molar-refractivity contribution in [1.82, 2.24) is 0 Å². The van der Waals surface area contributed by atoms with Crippen LogP contribution in [0.25, 0.3) is 0 Å². The molecule has 0 aromatic carbocycles. The Morgan fingerprint density at radius 1 is 0.864 bits per heavy atom. The van der Waals surface area contributed by atoms with Crippen LogP contribution in [-0.4, -0.2) is 6.79 Å². The van der Waals surface area contributed by atoms with Crippen molar-refractivity contribution in [2.45, 2.75) is 66.2 Å². The van der Waals surface area contributed by atoms with Crippen molar-refractivity contribution in [3.8, 4) is 0 Å². The summed E-state index contributed by atoms with van der Waals surface area (Å²) in [7, 11) is 0. The summed E-state index contributed by atoms with van der Waals surface area (Å²) < 4.78 is 0. The maximum Gasteiger partial charge on any atom is 0.106 e. The molecule has 2 rings (SSSR count). The van der Waals surface area contributed by atoms with Crippen LogP contribution in [0.15, 0.2) is 47.6 Å². The molecular weight excluding hydrogens is 268 g/mol. The van der Waals surface area contributed by atoms with Gasteiger partial charge in [0.2, 0.25) is 0 Å². The molecule has 0 saturated carbocycles. The Bertz CT molecular complexity index is 385. The molecule has 2 aliphatic rings. The molecule has 0 fully saturated rings. The van der Waals surface area contributed by atoms with Gasteiger partial charge in [-0.25, -0.2) is 0 Å². The van der Waals surface area contributed by atoms with E-state index in [1.807, 2.05) is 6.79 Å². The van der Waals surface area contributed by atoms with E-state index >= 15 is 0 Å². The number of carbonyl (C=O) groups excluding carboxylic acids is 1. The molecule has 0 spiro atoms. The van der Waals surface area contributed by atoms with Gasteiger partial charge in [-0.3, -0.25) is 0 Å². The van der Waals surface area contributed by atoms with Gasteiger partial charge in [-0.05, 0) is 78.1 Å². The second-order valence-electron chi connectivity index (χ2n) is 6.74. The quantitative estimate of drug-likeness (QED) is 0.537. The van der Waals surface area contributed by atoms with Crippen LogP contribution in [0, 0.1) is 11.8 Å². The van der Waals surface area contributed by atoms with Gasteiger partial charge in [0.1, 0.15) is 6.79 Å². The molecule has 2 unspecified atom stereocenters. The Morgan fingerprint density at radius 2 is 1.18 bits per heavy atom. The number of allylic oxidation sites excluding steroid dienone is 6. The second-order valence-corrected chi connectivity index (χ2v) is 6.74. The van der Waals surface area contributed by atoms with Gasteiger partial charge >= 0.3 is 0 Å². The van der Waals surface area contributed by atoms with Crippen molar-refractivity contribution >= 4 is 6.79 Å². The second kappa shape index (κ2) is 11.2. The van der Waals surface area contributed by atoms with E-state index in [1.165, 1.54) is 49.7 Å². The van der Waals surface area contributed by atoms with Gasteiger partial charge in [0.15, 0.2) is 0 Å². The van der Waals surface area contributed by atoms with Gasteiger partial charge in [0.25, 0.3) is 0 Å². The van der Waals surface area contributed by atoms with Crippen LogP contribution in [0.5, 0.6) is 0 Å². The van der Waals surface area contributed by atoms with Crippen LogP contribution in [0.4, 0.5) is 0 Å². The molecule has 22 heavy (non-hydrogen) atoms. The third-order valence-corrected chi connectivity index (χ3v) is 4.67. The number of rotatable bonds is 2. The lowest BCUT2D eigenvalue weighted by Gasteiger charge is -2.19. The SMILES string of the molecule is C=C(C)C1CC=C(C)CC1.C=C(C)C1CC=C(C)CC1.C=O. The standard InChI is InChI=1S/2C10H16.CH2O/c2*1-8(2)10-6-4-9(3)5-7-10;1-2/h2*4,10H,1,5-7H2,2-3H3;1H2. The van der Waals surface area contributed by atoms with Crippen molar-refractivity contribution in [1.29, 1.82) is 0 Å². The fourth-order valence-corrected chi connectivity index (χ4v) is 2.83. The third-order valence-electron chi connectivity index (χ3n) is 4.67. The van der Waals surface area contributed by atoms with E-state index in [-0.39, 0.29) is 0 Å². The molecule has 124 valence electrons. The van der Waals surface area contributed by atoms with Crippen molar-refractivity contribution in [3.05, 3.63) is 47.6 Å². The fraction of sp³-hybridized carbons (Fsp3) is 0.571. The molecule has 0 radical (unpaired) electrons. The van der Waals surface area contributed by atoms with Crippen molar-refractivity contribution < 1.29 is 4.79 Å². The molecule has 0 N–H and O–H groups in total. The number of hydrogen-bond donors (Lipinski definition) is 0. The van der Waals surface area contributed by atoms with E-state index in [0.717, 1.165) is 11.8 Å². The molecule has 2 aliphatic carbocycles. The van der Waals surface area contributed by atoms with E-state index in [2.05, 4.69) is 53.0 Å². The Hall–Kier alpha value is -1.37. The van der Waals surface area contributed by atoms with E-state index in [0.29, 0.717) is 0 Å². The van der Waals surface area contributed by atoms with Crippen molar-refractivity contribution in [2.75, 3.05) is 0 Å². The zero-order chi connectivity index (χ0) is 17.1. The molecule has 0 aromatic heterocycles. The summed E-state index contributed by atoms with van der Waals surface area (Å²) in [4.78, 5) is 8.00. The Morgan fingerprint density at radius 3 is 1.36 bits per heavy atom. The summed E-state index contributed by atoms with van der Waals surface area (Å²) in [5.41, 5.74) is 5.81. The van der Waals surface area contributed by atoms with Crippen molar-refractivity contribution in [2.24, 2.45) is 11.8 Å². The predicted molar refractivity (Wildman–Crippen MR) is 98.9 cm³/mol. The summed E-state index contributed by atoms with van der Waals surface area (Å²) in [6.45, 7) is 18.7. The highest BCUT2D eigenvalue weighted by Crippen LogP contribution is 2.28. The molecule has 0 bridgehead atoms. The van der Waals surface area contributed by atoms with Gasteiger partial charge in [-0.15, -0.1) is 0 Å². The summed E-state index contributed by atoms with van der Waals surface area (Å²) in [6.07, 6.45) is 12.3. The minimum absolute atomic E-state index is 0.767. The van der Waals surface area contributed by atoms with E-state index in [1.54, 1.807) is 11.1 Å². The fourth-order valence-electron chi connectivity index (χ4n) is 2.83. The first-order chi connectivity index (χ1) is 10.4. The number of carbonyl (C=O) groups is 1. The average Bonchev–Trinajstić information content (AvgIpc) is 2.51. The molecule has 0 heterocycles. The molecule has 0 aromatic rings. The van der Waals surface area contributed by atoms with Crippen LogP contribution in [0.1, 0.15) is 66.2 Å². The normalized spacial score (nSPS) is 23.6. The predicted octanol–water partition coefficient (Wildman–Crippen LogP) is 6.43. The van der Waals surface area contributed by atoms with E-state index in [9.17, 15) is 0 Å². The summed E-state index contributed by atoms with van der Waals surface area (Å²) in [5, 5.41) is 0. The summed E-state index contributed by atoms with van der Waals surface area (Å²) >= 11 is 0. The zero-order valence-corrected chi connectivity index (χ0v) is 15.1. The van der Waals surface area contributed by atoms with Gasteiger partial charge in [0.05, 0.1) is 0 Å². The lowest BCUT2D eigenvalue weighted by molar-refractivity contribution is -0.0979. The molecule has 0 saturated heterocycles. The lowest BCUT2D eigenvalue weighted by atomic mass is 9.86. The first kappa shape index (κ1) is 20.6. The molecule has 1 heteroatoms. The van der Waals surface area contributed by atoms with Crippen LogP contribution >= 0.6 is 0 Å². The van der Waals surface area contributed by atoms with Gasteiger partial charge in [-0.1, -0.05) is 47.6 Å². The lowest BCUT2D eigenvalue weighted by Crippen LogP contribution is -2.04. The summed E-state index contributed by atoms with van der Waals surface area (Å²) in [5.74, 6) is 1.53. The Balaban J connectivity index is 0.000000360. The molecule has 0 amide bonds. The van der Waals surface area contributed by atoms with Crippen molar-refractivity contribution in [3.63, 3.8) is 0 Å². The first-order valence-electron chi connectivity index (χ1n) is 8.31. The maximum atomic E-state index is 8.00. The minimum Gasteiger partial charge on any atom is -0.307 e. The Labute approximate surface area is 137 Å². The van der Waals surface area contributed by atoms with E-state index in [4.69, 9.17) is 4.79 Å². The minimum atomic E-state index is 0.767. The van der Waals surface area contributed by atoms with Crippen LogP contribution in [0.2, 0.25) is 0 Å². The van der Waals surface area contributed by atoms with Crippen LogP contribution < -0.4 is 0 Å². The first-order valence-corrected chi connectivity index (χ1v) is 8.31. The van der Waals surface area contributed by atoms with Gasteiger partial charge < -0.3 is 4.79 Å². The monoisotopic (exact) mass is 302 g/mol. The average molecular weight is 303 g/mol. The topological polar surface area (TPSA) is 17.1 Å². The third kappa shape index (κ3) is 8.17. The molecular formula is C21H34O. The molecule has 2 atom stereocenters. The highest BCUT2D eigenvalue weighted by Gasteiger charge is 2.12. The molecule has 1 nitrogen and oxygen atoms in total. The maximum absolute atomic E-state index is 8.00. The highest BCUT2D eigenvalue weighted by atomic mass is 16.1.